The van der Waals surface area contributed by atoms with E-state index in [9.17, 15) is 0 Å². The molecule has 1 N–H and O–H groups in total. The van der Waals surface area contributed by atoms with Crippen molar-refractivity contribution in [2.75, 3.05) is 25.0 Å². The summed E-state index contributed by atoms with van der Waals surface area (Å²) in [6, 6.07) is 6.19. The van der Waals surface area contributed by atoms with Crippen LogP contribution in [0.3, 0.4) is 0 Å². The number of fused-ring (bicyclic) bond motifs is 1. The second kappa shape index (κ2) is 5.21. The van der Waals surface area contributed by atoms with Crippen LogP contribution < -0.4 is 10.2 Å². The van der Waals surface area contributed by atoms with E-state index >= 15 is 0 Å². The summed E-state index contributed by atoms with van der Waals surface area (Å²) in [5.41, 5.74) is 2.31. The fraction of sp³-hybridized carbons (Fsp3) is 0.533. The molecule has 1 saturated heterocycles. The Morgan fingerprint density at radius 3 is 2.84 bits per heavy atom. The summed E-state index contributed by atoms with van der Waals surface area (Å²) in [6.07, 6.45) is 4.64. The molecule has 3 rings (SSSR count). The third-order valence-corrected chi connectivity index (χ3v) is 4.04. The van der Waals surface area contributed by atoms with E-state index < -0.39 is 0 Å². The highest BCUT2D eigenvalue weighted by molar-refractivity contribution is 5.56. The molecule has 1 aliphatic heterocycles. The molecular weight excluding hydrogens is 236 g/mol. The first kappa shape index (κ1) is 12.5. The lowest BCUT2D eigenvalue weighted by molar-refractivity contribution is 0.436. The van der Waals surface area contributed by atoms with Crippen molar-refractivity contribution >= 4 is 11.5 Å². The molecule has 0 atom stereocenters. The lowest BCUT2D eigenvalue weighted by Gasteiger charge is -2.31. The number of piperidine rings is 1. The Bertz CT molecular complexity index is 552. The van der Waals surface area contributed by atoms with Gasteiger partial charge in [0.2, 0.25) is 0 Å². The number of nitrogens with zero attached hydrogens (tertiary/aromatic N) is 3. The number of hydrogen-bond donors (Lipinski definition) is 1. The van der Waals surface area contributed by atoms with Crippen molar-refractivity contribution in [1.82, 2.24) is 14.7 Å². The van der Waals surface area contributed by atoms with Gasteiger partial charge in [-0.25, -0.2) is 4.98 Å². The SMILES string of the molecule is CNCc1c(N2CCC(C)CC2)nc2ccccn12. The number of aromatic nitrogens is 2. The van der Waals surface area contributed by atoms with Crippen LogP contribution in [0.4, 0.5) is 5.82 Å². The minimum Gasteiger partial charge on any atom is -0.355 e. The highest BCUT2D eigenvalue weighted by Crippen LogP contribution is 2.26. The summed E-state index contributed by atoms with van der Waals surface area (Å²) in [7, 11) is 1.99. The Hall–Kier alpha value is -1.55. The Balaban J connectivity index is 1.99. The zero-order chi connectivity index (χ0) is 13.2. The molecule has 19 heavy (non-hydrogen) atoms. The molecule has 2 aromatic rings. The van der Waals surface area contributed by atoms with Gasteiger partial charge in [-0.15, -0.1) is 0 Å². The lowest BCUT2D eigenvalue weighted by atomic mass is 9.99. The van der Waals surface area contributed by atoms with E-state index in [0.717, 1.165) is 37.0 Å². The molecule has 1 fully saturated rings. The number of hydrogen-bond acceptors (Lipinski definition) is 3. The normalized spacial score (nSPS) is 17.3. The molecule has 0 unspecified atom stereocenters. The van der Waals surface area contributed by atoms with Crippen LogP contribution in [0, 0.1) is 5.92 Å². The number of pyridine rings is 1. The van der Waals surface area contributed by atoms with Crippen LogP contribution in [0.25, 0.3) is 5.65 Å². The Morgan fingerprint density at radius 1 is 1.32 bits per heavy atom. The summed E-state index contributed by atoms with van der Waals surface area (Å²) in [5, 5.41) is 3.26. The topological polar surface area (TPSA) is 32.6 Å². The van der Waals surface area contributed by atoms with Crippen LogP contribution in [0.5, 0.6) is 0 Å². The van der Waals surface area contributed by atoms with Crippen molar-refractivity contribution in [1.29, 1.82) is 0 Å². The first-order chi connectivity index (χ1) is 9.29. The molecule has 0 radical (unpaired) electrons. The Morgan fingerprint density at radius 2 is 2.11 bits per heavy atom. The second-order valence-electron chi connectivity index (χ2n) is 5.51. The zero-order valence-electron chi connectivity index (χ0n) is 11.8. The summed E-state index contributed by atoms with van der Waals surface area (Å²) >= 11 is 0. The third kappa shape index (κ3) is 2.32. The number of imidazole rings is 1. The van der Waals surface area contributed by atoms with E-state index in [-0.39, 0.29) is 0 Å². The van der Waals surface area contributed by atoms with Crippen LogP contribution in [0.1, 0.15) is 25.5 Å². The number of rotatable bonds is 3. The monoisotopic (exact) mass is 258 g/mol. The van der Waals surface area contributed by atoms with E-state index in [1.165, 1.54) is 18.5 Å². The predicted molar refractivity (Wildman–Crippen MR) is 78.6 cm³/mol. The Kier molecular flexibility index (Phi) is 3.42. The van der Waals surface area contributed by atoms with E-state index in [0.29, 0.717) is 0 Å². The van der Waals surface area contributed by atoms with Crippen molar-refractivity contribution in [2.24, 2.45) is 5.92 Å². The molecule has 0 bridgehead atoms. The predicted octanol–water partition coefficient (Wildman–Crippen LogP) is 2.29. The minimum absolute atomic E-state index is 0.848. The van der Waals surface area contributed by atoms with E-state index in [1.54, 1.807) is 0 Å². The molecule has 3 heterocycles. The van der Waals surface area contributed by atoms with Crippen molar-refractivity contribution in [3.8, 4) is 0 Å². The highest BCUT2D eigenvalue weighted by atomic mass is 15.2. The van der Waals surface area contributed by atoms with Gasteiger partial charge in [-0.3, -0.25) is 0 Å². The number of anilines is 1. The Labute approximate surface area is 114 Å². The summed E-state index contributed by atoms with van der Waals surface area (Å²) in [4.78, 5) is 7.27. The van der Waals surface area contributed by atoms with Gasteiger partial charge in [0.05, 0.1) is 5.69 Å². The van der Waals surface area contributed by atoms with Crippen LogP contribution >= 0.6 is 0 Å². The zero-order valence-corrected chi connectivity index (χ0v) is 11.8. The molecule has 0 aliphatic carbocycles. The minimum atomic E-state index is 0.848. The largest absolute Gasteiger partial charge is 0.355 e. The molecule has 102 valence electrons. The molecule has 1 aliphatic rings. The van der Waals surface area contributed by atoms with Crippen LogP contribution in [-0.2, 0) is 6.54 Å². The molecule has 2 aromatic heterocycles. The van der Waals surface area contributed by atoms with Gasteiger partial charge in [-0.05, 0) is 37.9 Å². The maximum absolute atomic E-state index is 4.83. The van der Waals surface area contributed by atoms with E-state index in [1.807, 2.05) is 13.1 Å². The fourth-order valence-electron chi connectivity index (χ4n) is 2.84. The molecule has 4 heteroatoms. The van der Waals surface area contributed by atoms with E-state index in [2.05, 4.69) is 39.9 Å². The fourth-order valence-corrected chi connectivity index (χ4v) is 2.84. The highest BCUT2D eigenvalue weighted by Gasteiger charge is 2.21. The second-order valence-corrected chi connectivity index (χ2v) is 5.51. The van der Waals surface area contributed by atoms with E-state index in [4.69, 9.17) is 4.98 Å². The lowest BCUT2D eigenvalue weighted by Crippen LogP contribution is -2.34. The summed E-state index contributed by atoms with van der Waals surface area (Å²) < 4.78 is 2.20. The molecule has 4 nitrogen and oxygen atoms in total. The van der Waals surface area contributed by atoms with Crippen LogP contribution in [-0.4, -0.2) is 29.5 Å². The molecule has 0 spiro atoms. The molecule has 0 aromatic carbocycles. The average Bonchev–Trinajstić information content (AvgIpc) is 2.79. The first-order valence-electron chi connectivity index (χ1n) is 7.15. The molecule has 0 saturated carbocycles. The van der Waals surface area contributed by atoms with Gasteiger partial charge in [0.1, 0.15) is 5.65 Å². The van der Waals surface area contributed by atoms with Gasteiger partial charge in [0.25, 0.3) is 0 Å². The maximum Gasteiger partial charge on any atom is 0.152 e. The maximum atomic E-state index is 4.83. The van der Waals surface area contributed by atoms with Gasteiger partial charge in [-0.2, -0.15) is 0 Å². The van der Waals surface area contributed by atoms with Crippen molar-refractivity contribution in [3.63, 3.8) is 0 Å². The number of nitrogens with one attached hydrogen (secondary N) is 1. The van der Waals surface area contributed by atoms with Crippen molar-refractivity contribution < 1.29 is 0 Å². The smallest absolute Gasteiger partial charge is 0.152 e. The standard InChI is InChI=1S/C15H22N4/c1-12-6-9-18(10-7-12)15-13(11-16-2)19-8-4-3-5-14(19)17-15/h3-5,8,12,16H,6-7,9-11H2,1-2H3. The van der Waals surface area contributed by atoms with Crippen molar-refractivity contribution in [3.05, 3.63) is 30.1 Å². The van der Waals surface area contributed by atoms with Gasteiger partial charge in [0.15, 0.2) is 5.82 Å². The summed E-state index contributed by atoms with van der Waals surface area (Å²) in [6.45, 7) is 5.45. The first-order valence-corrected chi connectivity index (χ1v) is 7.15. The van der Waals surface area contributed by atoms with Crippen molar-refractivity contribution in [2.45, 2.75) is 26.3 Å². The quantitative estimate of drug-likeness (QED) is 0.917. The van der Waals surface area contributed by atoms with Gasteiger partial charge in [0, 0.05) is 25.8 Å². The van der Waals surface area contributed by atoms with Gasteiger partial charge in [-0.1, -0.05) is 13.0 Å². The van der Waals surface area contributed by atoms with Crippen LogP contribution in [0.15, 0.2) is 24.4 Å². The molecule has 0 amide bonds. The average molecular weight is 258 g/mol. The van der Waals surface area contributed by atoms with Crippen LogP contribution in [0.2, 0.25) is 0 Å². The third-order valence-electron chi connectivity index (χ3n) is 4.04. The van der Waals surface area contributed by atoms with Gasteiger partial charge >= 0.3 is 0 Å². The van der Waals surface area contributed by atoms with Gasteiger partial charge < -0.3 is 14.6 Å². The molecular formula is C15H22N4. The summed E-state index contributed by atoms with van der Waals surface area (Å²) in [5.74, 6) is 2.01.